The van der Waals surface area contributed by atoms with E-state index in [2.05, 4.69) is 12.2 Å². The van der Waals surface area contributed by atoms with Crippen molar-refractivity contribution in [1.29, 1.82) is 0 Å². The third-order valence-electron chi connectivity index (χ3n) is 2.49. The summed E-state index contributed by atoms with van der Waals surface area (Å²) < 4.78 is 0. The van der Waals surface area contributed by atoms with Crippen LogP contribution in [0.3, 0.4) is 0 Å². The first-order chi connectivity index (χ1) is 7.16. The molecule has 0 aromatic heterocycles. The van der Waals surface area contributed by atoms with E-state index in [-0.39, 0.29) is 5.37 Å². The van der Waals surface area contributed by atoms with Crippen LogP contribution in [0.4, 0.5) is 0 Å². The summed E-state index contributed by atoms with van der Waals surface area (Å²) in [6, 6.07) is 5.64. The quantitative estimate of drug-likeness (QED) is 0.817. The Labute approximate surface area is 105 Å². The van der Waals surface area contributed by atoms with Gasteiger partial charge in [-0.05, 0) is 36.7 Å². The molecule has 0 amide bonds. The van der Waals surface area contributed by atoms with Crippen LogP contribution in [0.25, 0.3) is 0 Å². The lowest BCUT2D eigenvalue weighted by molar-refractivity contribution is 0.605. The average molecular weight is 262 g/mol. The first-order valence-corrected chi connectivity index (χ1v) is 6.70. The third kappa shape index (κ3) is 2.82. The molecule has 0 radical (unpaired) electrons. The molecule has 15 heavy (non-hydrogen) atoms. The maximum Gasteiger partial charge on any atom is 0.0807 e. The largest absolute Gasteiger partial charge is 0.302 e. The highest BCUT2D eigenvalue weighted by Gasteiger charge is 2.22. The molecule has 1 aromatic carbocycles. The van der Waals surface area contributed by atoms with Crippen LogP contribution in [0.5, 0.6) is 0 Å². The van der Waals surface area contributed by atoms with Crippen molar-refractivity contribution in [2.24, 2.45) is 0 Å². The predicted molar refractivity (Wildman–Crippen MR) is 68.9 cm³/mol. The number of halogens is 2. The van der Waals surface area contributed by atoms with Crippen molar-refractivity contribution in [1.82, 2.24) is 5.32 Å². The number of nitrogens with one attached hydrogen (secondary N) is 1. The van der Waals surface area contributed by atoms with E-state index in [1.807, 2.05) is 30.0 Å². The van der Waals surface area contributed by atoms with E-state index in [0.717, 1.165) is 22.2 Å². The smallest absolute Gasteiger partial charge is 0.0807 e. The summed E-state index contributed by atoms with van der Waals surface area (Å²) in [5.41, 5.74) is 1.10. The summed E-state index contributed by atoms with van der Waals surface area (Å²) in [5, 5.41) is 5.94. The van der Waals surface area contributed by atoms with E-state index >= 15 is 0 Å². The molecule has 1 aromatic rings. The molecule has 4 heteroatoms. The van der Waals surface area contributed by atoms with Crippen LogP contribution in [-0.2, 0) is 0 Å². The summed E-state index contributed by atoms with van der Waals surface area (Å²) in [4.78, 5) is 0. The zero-order valence-electron chi connectivity index (χ0n) is 8.47. The minimum atomic E-state index is 0.278. The average Bonchev–Trinajstić information content (AvgIpc) is 2.22. The molecule has 1 heterocycles. The third-order valence-corrected chi connectivity index (χ3v) is 4.46. The highest BCUT2D eigenvalue weighted by Crippen LogP contribution is 2.38. The number of rotatable bonds is 1. The molecule has 2 rings (SSSR count). The zero-order valence-corrected chi connectivity index (χ0v) is 10.8. The summed E-state index contributed by atoms with van der Waals surface area (Å²) >= 11 is 14.1. The maximum atomic E-state index is 6.17. The molecule has 0 spiro atoms. The molecule has 1 saturated heterocycles. The maximum absolute atomic E-state index is 6.17. The van der Waals surface area contributed by atoms with Crippen LogP contribution in [0.1, 0.15) is 24.3 Å². The van der Waals surface area contributed by atoms with Crippen LogP contribution >= 0.6 is 35.0 Å². The second-order valence-corrected chi connectivity index (χ2v) is 6.13. The van der Waals surface area contributed by atoms with Crippen molar-refractivity contribution in [2.75, 3.05) is 6.54 Å². The predicted octanol–water partition coefficient (Wildman–Crippen LogP) is 4.11. The second kappa shape index (κ2) is 4.96. The van der Waals surface area contributed by atoms with E-state index in [1.54, 1.807) is 0 Å². The topological polar surface area (TPSA) is 12.0 Å². The van der Waals surface area contributed by atoms with Crippen molar-refractivity contribution in [2.45, 2.75) is 24.0 Å². The van der Waals surface area contributed by atoms with Crippen molar-refractivity contribution in [3.05, 3.63) is 33.8 Å². The van der Waals surface area contributed by atoms with Gasteiger partial charge in [-0.2, -0.15) is 0 Å². The molecule has 0 bridgehead atoms. The van der Waals surface area contributed by atoms with Gasteiger partial charge in [0.05, 0.1) is 5.37 Å². The van der Waals surface area contributed by atoms with Crippen molar-refractivity contribution < 1.29 is 0 Å². The summed E-state index contributed by atoms with van der Waals surface area (Å²) in [5.74, 6) is 0. The first-order valence-electron chi connectivity index (χ1n) is 5.00. The van der Waals surface area contributed by atoms with E-state index in [9.17, 15) is 0 Å². The molecule has 1 aliphatic rings. The van der Waals surface area contributed by atoms with E-state index in [0.29, 0.717) is 5.25 Å². The fourth-order valence-electron chi connectivity index (χ4n) is 1.66. The molecule has 82 valence electrons. The summed E-state index contributed by atoms with van der Waals surface area (Å²) in [6.07, 6.45) is 1.21. The van der Waals surface area contributed by atoms with Gasteiger partial charge in [-0.25, -0.2) is 0 Å². The van der Waals surface area contributed by atoms with Crippen molar-refractivity contribution in [3.8, 4) is 0 Å². The minimum Gasteiger partial charge on any atom is -0.302 e. The Morgan fingerprint density at radius 2 is 2.20 bits per heavy atom. The highest BCUT2D eigenvalue weighted by molar-refractivity contribution is 8.00. The second-order valence-electron chi connectivity index (χ2n) is 3.74. The highest BCUT2D eigenvalue weighted by atomic mass is 35.5. The van der Waals surface area contributed by atoms with Gasteiger partial charge >= 0.3 is 0 Å². The van der Waals surface area contributed by atoms with Gasteiger partial charge in [-0.3, -0.25) is 0 Å². The molecule has 1 N–H and O–H groups in total. The normalized spacial score (nSPS) is 26.6. The number of hydrogen-bond acceptors (Lipinski definition) is 2. The summed E-state index contributed by atoms with van der Waals surface area (Å²) in [7, 11) is 0. The fraction of sp³-hybridized carbons (Fsp3) is 0.455. The number of thioether (sulfide) groups is 1. The Hall–Kier alpha value is 0.110. The van der Waals surface area contributed by atoms with Gasteiger partial charge < -0.3 is 5.32 Å². The van der Waals surface area contributed by atoms with Gasteiger partial charge in [0.1, 0.15) is 0 Å². The Balaban J connectivity index is 2.24. The van der Waals surface area contributed by atoms with Gasteiger partial charge in [0.15, 0.2) is 0 Å². The molecule has 2 unspecified atom stereocenters. The minimum absolute atomic E-state index is 0.278. The van der Waals surface area contributed by atoms with Crippen LogP contribution in [-0.4, -0.2) is 11.8 Å². The molecule has 1 nitrogen and oxygen atoms in total. The Bertz CT molecular complexity index is 356. The van der Waals surface area contributed by atoms with Crippen LogP contribution < -0.4 is 5.32 Å². The zero-order chi connectivity index (χ0) is 10.8. The van der Waals surface area contributed by atoms with Gasteiger partial charge in [0.2, 0.25) is 0 Å². The lowest BCUT2D eigenvalue weighted by Crippen LogP contribution is -2.28. The van der Waals surface area contributed by atoms with Crippen molar-refractivity contribution >= 4 is 35.0 Å². The lowest BCUT2D eigenvalue weighted by Gasteiger charge is -2.28. The van der Waals surface area contributed by atoms with Crippen LogP contribution in [0.2, 0.25) is 10.0 Å². The number of benzene rings is 1. The van der Waals surface area contributed by atoms with E-state index in [1.165, 1.54) is 6.42 Å². The summed E-state index contributed by atoms with van der Waals surface area (Å²) in [6.45, 7) is 3.29. The van der Waals surface area contributed by atoms with Gasteiger partial charge in [0, 0.05) is 15.3 Å². The molecule has 0 saturated carbocycles. The fourth-order valence-corrected chi connectivity index (χ4v) is 3.41. The molecule has 1 aliphatic heterocycles. The van der Waals surface area contributed by atoms with Gasteiger partial charge in [-0.1, -0.05) is 30.1 Å². The molecule has 0 aliphatic carbocycles. The molecular formula is C11H13Cl2NS. The Morgan fingerprint density at radius 3 is 2.93 bits per heavy atom. The first kappa shape index (κ1) is 11.6. The van der Waals surface area contributed by atoms with E-state index in [4.69, 9.17) is 23.2 Å². The molecule has 1 fully saturated rings. The van der Waals surface area contributed by atoms with Gasteiger partial charge in [0.25, 0.3) is 0 Å². The van der Waals surface area contributed by atoms with Crippen LogP contribution in [0, 0.1) is 0 Å². The Morgan fingerprint density at radius 1 is 1.40 bits per heavy atom. The monoisotopic (exact) mass is 261 g/mol. The SMILES string of the molecule is CC1CCNC(c2cc(Cl)ccc2Cl)S1. The number of hydrogen-bond donors (Lipinski definition) is 1. The van der Waals surface area contributed by atoms with E-state index < -0.39 is 0 Å². The molecular weight excluding hydrogens is 249 g/mol. The van der Waals surface area contributed by atoms with Gasteiger partial charge in [-0.15, -0.1) is 11.8 Å². The lowest BCUT2D eigenvalue weighted by atomic mass is 10.2. The van der Waals surface area contributed by atoms with Crippen molar-refractivity contribution in [3.63, 3.8) is 0 Å². The molecule has 2 atom stereocenters. The van der Waals surface area contributed by atoms with Crippen LogP contribution in [0.15, 0.2) is 18.2 Å². The Kier molecular flexibility index (Phi) is 3.83. The standard InChI is InChI=1S/C11H13Cl2NS/c1-7-4-5-14-11(15-7)9-6-8(12)2-3-10(9)13/h2-3,6-7,11,14H,4-5H2,1H3.